The number of nitrogens with one attached hydrogen (secondary N) is 1. The van der Waals surface area contributed by atoms with E-state index in [0.29, 0.717) is 12.4 Å². The normalized spacial score (nSPS) is 15.5. The molecule has 0 unspecified atom stereocenters. The van der Waals surface area contributed by atoms with E-state index in [1.807, 2.05) is 54.1 Å². The highest BCUT2D eigenvalue weighted by Gasteiger charge is 2.40. The van der Waals surface area contributed by atoms with Gasteiger partial charge in [-0.15, -0.1) is 11.8 Å². The number of aromatic nitrogens is 3. The van der Waals surface area contributed by atoms with Crippen LogP contribution in [0.3, 0.4) is 0 Å². The molecule has 3 heterocycles. The highest BCUT2D eigenvalue weighted by atomic mass is 32.2. The SMILES string of the molecule is Cc1cccc(-n2nc(C(C)(C)C)c3c2N(CC(=O)NCc2cccnc2)C(=O)CS[C@H]3c2ccccc2C)c1. The summed E-state index contributed by atoms with van der Waals surface area (Å²) in [5, 5.41) is 8.03. The number of carbonyl (C=O) groups is 2. The van der Waals surface area contributed by atoms with E-state index in [2.05, 4.69) is 56.2 Å². The lowest BCUT2D eigenvalue weighted by atomic mass is 9.86. The van der Waals surface area contributed by atoms with Crippen molar-refractivity contribution in [3.8, 4) is 5.69 Å². The van der Waals surface area contributed by atoms with Crippen molar-refractivity contribution in [1.82, 2.24) is 20.1 Å². The molecule has 0 saturated carbocycles. The number of anilines is 1. The van der Waals surface area contributed by atoms with Crippen LogP contribution in [0.15, 0.2) is 73.1 Å². The number of aryl methyl sites for hydroxylation is 2. The molecule has 0 radical (unpaired) electrons. The Bertz CT molecular complexity index is 1540. The van der Waals surface area contributed by atoms with Gasteiger partial charge in [0.2, 0.25) is 11.8 Å². The first kappa shape index (κ1) is 27.6. The summed E-state index contributed by atoms with van der Waals surface area (Å²) in [5.41, 5.74) is 6.75. The van der Waals surface area contributed by atoms with Gasteiger partial charge in [-0.2, -0.15) is 5.10 Å². The van der Waals surface area contributed by atoms with Gasteiger partial charge < -0.3 is 5.32 Å². The Morgan fingerprint density at radius 1 is 1.07 bits per heavy atom. The largest absolute Gasteiger partial charge is 0.350 e. The lowest BCUT2D eigenvalue weighted by molar-refractivity contribution is -0.123. The minimum absolute atomic E-state index is 0.103. The molecule has 0 bridgehead atoms. The van der Waals surface area contributed by atoms with Gasteiger partial charge in [-0.25, -0.2) is 4.68 Å². The fraction of sp³-hybridized carbons (Fsp3) is 0.312. The summed E-state index contributed by atoms with van der Waals surface area (Å²) in [5.74, 6) is 0.557. The number of hydrogen-bond donors (Lipinski definition) is 1. The first-order chi connectivity index (χ1) is 19.1. The molecule has 8 heteroatoms. The van der Waals surface area contributed by atoms with Gasteiger partial charge in [0.05, 0.1) is 22.4 Å². The van der Waals surface area contributed by atoms with Gasteiger partial charge in [0.25, 0.3) is 0 Å². The molecule has 2 aromatic heterocycles. The molecule has 1 atom stereocenters. The third-order valence-corrected chi connectivity index (χ3v) is 8.27. The number of carbonyl (C=O) groups excluding carboxylic acids is 2. The molecule has 1 aliphatic rings. The molecule has 0 saturated heterocycles. The lowest BCUT2D eigenvalue weighted by Gasteiger charge is -2.25. The quantitative estimate of drug-likeness (QED) is 0.333. The van der Waals surface area contributed by atoms with E-state index in [1.54, 1.807) is 29.1 Å². The van der Waals surface area contributed by atoms with E-state index in [-0.39, 0.29) is 34.8 Å². The first-order valence-electron chi connectivity index (χ1n) is 13.5. The summed E-state index contributed by atoms with van der Waals surface area (Å²) in [6.07, 6.45) is 3.42. The van der Waals surface area contributed by atoms with Crippen LogP contribution in [0.5, 0.6) is 0 Å². The summed E-state index contributed by atoms with van der Waals surface area (Å²) in [7, 11) is 0. The van der Waals surface area contributed by atoms with Crippen molar-refractivity contribution < 1.29 is 9.59 Å². The fourth-order valence-corrected chi connectivity index (χ4v) is 6.34. The second-order valence-corrected chi connectivity index (χ2v) is 12.3. The second-order valence-electron chi connectivity index (χ2n) is 11.3. The van der Waals surface area contributed by atoms with E-state index in [4.69, 9.17) is 5.10 Å². The van der Waals surface area contributed by atoms with Crippen LogP contribution in [0.25, 0.3) is 5.69 Å². The smallest absolute Gasteiger partial charge is 0.240 e. The standard InChI is InChI=1S/C32H35N5O2S/c1-21-10-8-13-24(16-21)37-31-28(30(35-37)32(3,4)5)29(25-14-7-6-11-22(25)2)40-20-27(39)36(31)19-26(38)34-18-23-12-9-15-33-17-23/h6-17,29H,18-20H2,1-5H3,(H,34,38)/t29-/m0/s1. The minimum atomic E-state index is -0.303. The Labute approximate surface area is 240 Å². The Morgan fingerprint density at radius 2 is 1.88 bits per heavy atom. The zero-order valence-corrected chi connectivity index (χ0v) is 24.5. The first-order valence-corrected chi connectivity index (χ1v) is 14.5. The van der Waals surface area contributed by atoms with E-state index >= 15 is 0 Å². The van der Waals surface area contributed by atoms with Crippen LogP contribution in [-0.2, 0) is 21.5 Å². The molecule has 1 aliphatic heterocycles. The molecular weight excluding hydrogens is 518 g/mol. The minimum Gasteiger partial charge on any atom is -0.350 e. The number of amides is 2. The number of nitrogens with zero attached hydrogens (tertiary/aromatic N) is 4. The number of thioether (sulfide) groups is 1. The molecule has 206 valence electrons. The van der Waals surface area contributed by atoms with Crippen LogP contribution in [-0.4, -0.2) is 38.9 Å². The Hall–Kier alpha value is -3.91. The Kier molecular flexibility index (Phi) is 7.81. The number of benzene rings is 2. The highest BCUT2D eigenvalue weighted by Crippen LogP contribution is 2.49. The molecular formula is C32H35N5O2S. The van der Waals surface area contributed by atoms with Crippen LogP contribution < -0.4 is 10.2 Å². The van der Waals surface area contributed by atoms with Crippen molar-refractivity contribution in [3.63, 3.8) is 0 Å². The van der Waals surface area contributed by atoms with Crippen molar-refractivity contribution in [2.24, 2.45) is 0 Å². The summed E-state index contributed by atoms with van der Waals surface area (Å²) >= 11 is 1.60. The molecule has 0 aliphatic carbocycles. The Morgan fingerprint density at radius 3 is 2.58 bits per heavy atom. The molecule has 7 nitrogen and oxygen atoms in total. The van der Waals surface area contributed by atoms with Gasteiger partial charge in [-0.1, -0.05) is 63.2 Å². The van der Waals surface area contributed by atoms with E-state index in [0.717, 1.165) is 39.2 Å². The number of fused-ring (bicyclic) bond motifs is 1. The number of rotatable bonds is 6. The van der Waals surface area contributed by atoms with E-state index in [1.165, 1.54) is 0 Å². The molecule has 5 rings (SSSR count). The average Bonchev–Trinajstić information content (AvgIpc) is 3.27. The van der Waals surface area contributed by atoms with Gasteiger partial charge in [-0.05, 0) is 54.3 Å². The van der Waals surface area contributed by atoms with Crippen molar-refractivity contribution in [1.29, 1.82) is 0 Å². The van der Waals surface area contributed by atoms with Gasteiger partial charge >= 0.3 is 0 Å². The lowest BCUT2D eigenvalue weighted by Crippen LogP contribution is -2.42. The third kappa shape index (κ3) is 5.68. The third-order valence-electron chi connectivity index (χ3n) is 7.03. The topological polar surface area (TPSA) is 80.1 Å². The average molecular weight is 554 g/mol. The maximum absolute atomic E-state index is 13.8. The van der Waals surface area contributed by atoms with Gasteiger partial charge in [-0.3, -0.25) is 19.5 Å². The van der Waals surface area contributed by atoms with Crippen molar-refractivity contribution >= 4 is 29.4 Å². The molecule has 0 fully saturated rings. The van der Waals surface area contributed by atoms with Gasteiger partial charge in [0.15, 0.2) is 0 Å². The van der Waals surface area contributed by atoms with Crippen LogP contribution in [0, 0.1) is 13.8 Å². The van der Waals surface area contributed by atoms with Crippen LogP contribution in [0.4, 0.5) is 5.82 Å². The summed E-state index contributed by atoms with van der Waals surface area (Å²) in [6.45, 7) is 10.8. The van der Waals surface area contributed by atoms with Crippen LogP contribution in [0.1, 0.15) is 59.5 Å². The zero-order valence-electron chi connectivity index (χ0n) is 23.6. The predicted octanol–water partition coefficient (Wildman–Crippen LogP) is 5.67. The zero-order chi connectivity index (χ0) is 28.4. The highest BCUT2D eigenvalue weighted by molar-refractivity contribution is 8.00. The van der Waals surface area contributed by atoms with Crippen molar-refractivity contribution in [2.45, 2.75) is 51.8 Å². The van der Waals surface area contributed by atoms with E-state index < -0.39 is 0 Å². The monoisotopic (exact) mass is 553 g/mol. The van der Waals surface area contributed by atoms with Gasteiger partial charge in [0.1, 0.15) is 12.4 Å². The maximum Gasteiger partial charge on any atom is 0.240 e. The van der Waals surface area contributed by atoms with Crippen LogP contribution in [0.2, 0.25) is 0 Å². The molecule has 2 aromatic carbocycles. The number of pyridine rings is 1. The second kappa shape index (κ2) is 11.3. The predicted molar refractivity (Wildman–Crippen MR) is 161 cm³/mol. The molecule has 1 N–H and O–H groups in total. The summed E-state index contributed by atoms with van der Waals surface area (Å²) in [4.78, 5) is 32.9. The van der Waals surface area contributed by atoms with Crippen molar-refractivity contribution in [3.05, 3.63) is 107 Å². The van der Waals surface area contributed by atoms with Crippen LogP contribution >= 0.6 is 11.8 Å². The summed E-state index contributed by atoms with van der Waals surface area (Å²) in [6, 6.07) is 20.2. The van der Waals surface area contributed by atoms with Gasteiger partial charge in [0, 0.05) is 29.9 Å². The molecule has 4 aromatic rings. The van der Waals surface area contributed by atoms with Crippen molar-refractivity contribution in [2.75, 3.05) is 17.2 Å². The summed E-state index contributed by atoms with van der Waals surface area (Å²) < 4.78 is 1.87. The molecule has 2 amide bonds. The number of hydrogen-bond acceptors (Lipinski definition) is 5. The fourth-order valence-electron chi connectivity index (χ4n) is 5.04. The van der Waals surface area contributed by atoms with E-state index in [9.17, 15) is 9.59 Å². The maximum atomic E-state index is 13.8. The molecule has 0 spiro atoms. The molecule has 40 heavy (non-hydrogen) atoms. The Balaban J connectivity index is 1.67.